The van der Waals surface area contributed by atoms with Gasteiger partial charge in [0, 0.05) is 18.7 Å². The van der Waals surface area contributed by atoms with E-state index in [0.29, 0.717) is 0 Å². The van der Waals surface area contributed by atoms with Crippen molar-refractivity contribution in [3.63, 3.8) is 0 Å². The van der Waals surface area contributed by atoms with Crippen LogP contribution in [0, 0.1) is 0 Å². The van der Waals surface area contributed by atoms with Crippen LogP contribution in [-0.2, 0) is 0 Å². The highest BCUT2D eigenvalue weighted by molar-refractivity contribution is 5.83. The molecule has 0 aliphatic heterocycles. The average Bonchev–Trinajstić information content (AvgIpc) is 2.11. The Morgan fingerprint density at radius 2 is 2.08 bits per heavy atom. The predicted octanol–water partition coefficient (Wildman–Crippen LogP) is 2.72. The maximum absolute atomic E-state index is 4.41. The highest BCUT2D eigenvalue weighted by Gasteiger charge is 1.93. The van der Waals surface area contributed by atoms with E-state index in [1.54, 1.807) is 0 Å². The summed E-state index contributed by atoms with van der Waals surface area (Å²) in [6, 6.07) is 0. The summed E-state index contributed by atoms with van der Waals surface area (Å²) >= 11 is 0. The lowest BCUT2D eigenvalue weighted by molar-refractivity contribution is 0.905. The molecule has 0 atom stereocenters. The molecular weight excluding hydrogens is 148 g/mol. The SMILES string of the molecule is C/C=C(/C)NC(CC)=NCCC. The molecule has 0 aliphatic rings. The van der Waals surface area contributed by atoms with E-state index in [9.17, 15) is 0 Å². The monoisotopic (exact) mass is 168 g/mol. The number of amidine groups is 1. The summed E-state index contributed by atoms with van der Waals surface area (Å²) in [7, 11) is 0. The van der Waals surface area contributed by atoms with Crippen LogP contribution in [0.4, 0.5) is 0 Å². The zero-order chi connectivity index (χ0) is 9.40. The molecule has 0 spiro atoms. The van der Waals surface area contributed by atoms with E-state index in [4.69, 9.17) is 0 Å². The average molecular weight is 168 g/mol. The molecule has 0 aliphatic carbocycles. The molecule has 0 aromatic heterocycles. The number of allylic oxidation sites excluding steroid dienone is 2. The fraction of sp³-hybridized carbons (Fsp3) is 0.700. The molecular formula is C10H20N2. The van der Waals surface area contributed by atoms with Gasteiger partial charge in [0.25, 0.3) is 0 Å². The third-order valence-corrected chi connectivity index (χ3v) is 1.64. The van der Waals surface area contributed by atoms with E-state index < -0.39 is 0 Å². The van der Waals surface area contributed by atoms with Crippen molar-refractivity contribution >= 4 is 5.84 Å². The second-order valence-corrected chi connectivity index (χ2v) is 2.78. The van der Waals surface area contributed by atoms with Crippen molar-refractivity contribution in [1.29, 1.82) is 0 Å². The third kappa shape index (κ3) is 4.94. The minimum atomic E-state index is 0.924. The highest BCUT2D eigenvalue weighted by Crippen LogP contribution is 1.91. The van der Waals surface area contributed by atoms with Gasteiger partial charge in [-0.05, 0) is 20.3 Å². The number of rotatable bonds is 4. The second kappa shape index (κ2) is 6.89. The normalized spacial score (nSPS) is 13.3. The number of nitrogens with zero attached hydrogens (tertiary/aromatic N) is 1. The molecule has 1 N–H and O–H groups in total. The molecule has 0 unspecified atom stereocenters. The summed E-state index contributed by atoms with van der Waals surface area (Å²) in [5, 5.41) is 3.26. The van der Waals surface area contributed by atoms with Crippen molar-refractivity contribution in [2.24, 2.45) is 4.99 Å². The minimum absolute atomic E-state index is 0.924. The number of hydrogen-bond acceptors (Lipinski definition) is 1. The van der Waals surface area contributed by atoms with Gasteiger partial charge in [-0.1, -0.05) is 19.9 Å². The van der Waals surface area contributed by atoms with Crippen LogP contribution in [0.3, 0.4) is 0 Å². The van der Waals surface area contributed by atoms with Crippen LogP contribution in [0.5, 0.6) is 0 Å². The fourth-order valence-corrected chi connectivity index (χ4v) is 0.786. The van der Waals surface area contributed by atoms with Gasteiger partial charge in [0.05, 0.1) is 0 Å². The van der Waals surface area contributed by atoms with Gasteiger partial charge in [-0.2, -0.15) is 0 Å². The summed E-state index contributed by atoms with van der Waals surface area (Å²) in [4.78, 5) is 4.41. The van der Waals surface area contributed by atoms with Crippen LogP contribution in [0.15, 0.2) is 16.8 Å². The molecule has 0 aromatic rings. The van der Waals surface area contributed by atoms with E-state index in [1.165, 1.54) is 5.70 Å². The molecule has 12 heavy (non-hydrogen) atoms. The molecule has 0 amide bonds. The summed E-state index contributed by atoms with van der Waals surface area (Å²) in [5.41, 5.74) is 1.17. The lowest BCUT2D eigenvalue weighted by atomic mass is 10.3. The van der Waals surface area contributed by atoms with Gasteiger partial charge in [0.2, 0.25) is 0 Å². The summed E-state index contributed by atoms with van der Waals surface area (Å²) in [5.74, 6) is 1.09. The summed E-state index contributed by atoms with van der Waals surface area (Å²) in [6.07, 6.45) is 4.14. The van der Waals surface area contributed by atoms with Gasteiger partial charge in [-0.15, -0.1) is 0 Å². The first-order chi connectivity index (χ1) is 5.74. The third-order valence-electron chi connectivity index (χ3n) is 1.64. The van der Waals surface area contributed by atoms with Gasteiger partial charge in [-0.3, -0.25) is 4.99 Å². The zero-order valence-corrected chi connectivity index (χ0v) is 8.65. The van der Waals surface area contributed by atoms with Gasteiger partial charge in [0.1, 0.15) is 5.84 Å². The molecule has 0 heterocycles. The molecule has 70 valence electrons. The molecule has 0 radical (unpaired) electrons. The molecule has 0 rings (SSSR count). The van der Waals surface area contributed by atoms with E-state index in [2.05, 4.69) is 37.2 Å². The van der Waals surface area contributed by atoms with Crippen molar-refractivity contribution in [2.45, 2.75) is 40.5 Å². The van der Waals surface area contributed by atoms with Crippen molar-refractivity contribution in [1.82, 2.24) is 5.32 Å². The second-order valence-electron chi connectivity index (χ2n) is 2.78. The first-order valence-electron chi connectivity index (χ1n) is 4.67. The first kappa shape index (κ1) is 11.2. The predicted molar refractivity (Wildman–Crippen MR) is 55.5 cm³/mol. The highest BCUT2D eigenvalue weighted by atomic mass is 15.0. The van der Waals surface area contributed by atoms with Crippen molar-refractivity contribution < 1.29 is 0 Å². The first-order valence-corrected chi connectivity index (χ1v) is 4.67. The molecule has 0 saturated heterocycles. The van der Waals surface area contributed by atoms with Gasteiger partial charge in [-0.25, -0.2) is 0 Å². The smallest absolute Gasteiger partial charge is 0.100 e. The van der Waals surface area contributed by atoms with E-state index in [-0.39, 0.29) is 0 Å². The van der Waals surface area contributed by atoms with Crippen LogP contribution in [0.2, 0.25) is 0 Å². The van der Waals surface area contributed by atoms with E-state index >= 15 is 0 Å². The molecule has 0 fully saturated rings. The Hall–Kier alpha value is -0.790. The zero-order valence-electron chi connectivity index (χ0n) is 8.65. The van der Waals surface area contributed by atoms with Crippen molar-refractivity contribution in [3.8, 4) is 0 Å². The van der Waals surface area contributed by atoms with Crippen LogP contribution >= 0.6 is 0 Å². The molecule has 2 nitrogen and oxygen atoms in total. The Bertz CT molecular complexity index is 169. The standard InChI is InChI=1S/C10H20N2/c1-5-8-11-10(7-3)12-9(4)6-2/h6H,5,7-8H2,1-4H3,(H,11,12)/b9-6-. The fourth-order valence-electron chi connectivity index (χ4n) is 0.786. The van der Waals surface area contributed by atoms with Crippen LogP contribution in [0.25, 0.3) is 0 Å². The molecule has 0 aromatic carbocycles. The Kier molecular flexibility index (Phi) is 6.44. The number of nitrogens with one attached hydrogen (secondary N) is 1. The van der Waals surface area contributed by atoms with Crippen LogP contribution in [0.1, 0.15) is 40.5 Å². The van der Waals surface area contributed by atoms with Crippen LogP contribution in [-0.4, -0.2) is 12.4 Å². The Labute approximate surface area is 75.8 Å². The summed E-state index contributed by atoms with van der Waals surface area (Å²) in [6.45, 7) is 9.25. The Morgan fingerprint density at radius 1 is 1.42 bits per heavy atom. The largest absolute Gasteiger partial charge is 0.348 e. The maximum Gasteiger partial charge on any atom is 0.100 e. The molecule has 0 saturated carbocycles. The summed E-state index contributed by atoms with van der Waals surface area (Å²) < 4.78 is 0. The lowest BCUT2D eigenvalue weighted by Crippen LogP contribution is -2.20. The lowest BCUT2D eigenvalue weighted by Gasteiger charge is -2.07. The topological polar surface area (TPSA) is 24.4 Å². The molecule has 2 heteroatoms. The van der Waals surface area contributed by atoms with Crippen molar-refractivity contribution in [3.05, 3.63) is 11.8 Å². The number of aliphatic imine (C=N–C) groups is 1. The minimum Gasteiger partial charge on any atom is -0.348 e. The van der Waals surface area contributed by atoms with Gasteiger partial charge < -0.3 is 5.32 Å². The quantitative estimate of drug-likeness (QED) is 0.506. The van der Waals surface area contributed by atoms with E-state index in [0.717, 1.165) is 25.2 Å². The van der Waals surface area contributed by atoms with Crippen molar-refractivity contribution in [2.75, 3.05) is 6.54 Å². The van der Waals surface area contributed by atoms with Crippen LogP contribution < -0.4 is 5.32 Å². The van der Waals surface area contributed by atoms with E-state index in [1.807, 2.05) is 6.92 Å². The number of hydrogen-bond donors (Lipinski definition) is 1. The molecule has 0 bridgehead atoms. The Balaban J connectivity index is 3.98. The van der Waals surface area contributed by atoms with Gasteiger partial charge in [0.15, 0.2) is 0 Å². The maximum atomic E-state index is 4.41. The Morgan fingerprint density at radius 3 is 2.50 bits per heavy atom. The van der Waals surface area contributed by atoms with Gasteiger partial charge >= 0.3 is 0 Å².